The minimum atomic E-state index is -0.637. The van der Waals surface area contributed by atoms with Crippen molar-refractivity contribution in [2.45, 2.75) is 20.3 Å². The fourth-order valence-electron chi connectivity index (χ4n) is 1.72. The van der Waals surface area contributed by atoms with Crippen LogP contribution in [0, 0.1) is 0 Å². The molecule has 0 saturated carbocycles. The first kappa shape index (κ1) is 15.3. The molecule has 1 aromatic rings. The molecule has 7 heteroatoms. The van der Waals surface area contributed by atoms with Crippen LogP contribution in [-0.2, 0) is 4.74 Å². The first-order valence-electron chi connectivity index (χ1n) is 6.04. The number of nitrogens with two attached hydrogens (primary N) is 2. The monoisotopic (exact) mass is 285 g/mol. The molecule has 0 unspecified atom stereocenters. The van der Waals surface area contributed by atoms with Crippen LogP contribution in [0.25, 0.3) is 0 Å². The highest BCUT2D eigenvalue weighted by Crippen LogP contribution is 2.38. The van der Waals surface area contributed by atoms with Gasteiger partial charge in [0.05, 0.1) is 17.9 Å². The van der Waals surface area contributed by atoms with Gasteiger partial charge in [0, 0.05) is 13.6 Å². The van der Waals surface area contributed by atoms with Gasteiger partial charge in [0.1, 0.15) is 9.88 Å². The average molecular weight is 285 g/mol. The van der Waals surface area contributed by atoms with Crippen LogP contribution in [0.3, 0.4) is 0 Å². The van der Waals surface area contributed by atoms with E-state index >= 15 is 0 Å². The third-order valence-corrected chi connectivity index (χ3v) is 3.84. The lowest BCUT2D eigenvalue weighted by atomic mass is 10.2. The van der Waals surface area contributed by atoms with Crippen LogP contribution < -0.4 is 16.4 Å². The van der Waals surface area contributed by atoms with Gasteiger partial charge in [-0.3, -0.25) is 4.79 Å². The molecular formula is C12H19N3O3S. The van der Waals surface area contributed by atoms with Gasteiger partial charge in [0.2, 0.25) is 0 Å². The molecular weight excluding hydrogens is 266 g/mol. The van der Waals surface area contributed by atoms with Gasteiger partial charge in [0.15, 0.2) is 0 Å². The molecule has 0 aliphatic heterocycles. The number of nitrogens with zero attached hydrogens (tertiary/aromatic N) is 1. The van der Waals surface area contributed by atoms with Gasteiger partial charge in [-0.25, -0.2) is 4.79 Å². The Morgan fingerprint density at radius 2 is 2.00 bits per heavy atom. The molecule has 106 valence electrons. The third-order valence-electron chi connectivity index (χ3n) is 2.54. The second kappa shape index (κ2) is 6.42. The van der Waals surface area contributed by atoms with Crippen molar-refractivity contribution in [2.75, 3.05) is 30.8 Å². The van der Waals surface area contributed by atoms with Crippen LogP contribution in [0.4, 0.5) is 10.7 Å². The van der Waals surface area contributed by atoms with Crippen LogP contribution in [-0.4, -0.2) is 32.1 Å². The molecule has 0 fully saturated rings. The topological polar surface area (TPSA) is 98.7 Å². The molecule has 1 heterocycles. The number of hydrogen-bond donors (Lipinski definition) is 2. The van der Waals surface area contributed by atoms with Gasteiger partial charge in [-0.1, -0.05) is 6.92 Å². The molecule has 0 saturated heterocycles. The zero-order chi connectivity index (χ0) is 14.6. The van der Waals surface area contributed by atoms with E-state index < -0.39 is 11.9 Å². The summed E-state index contributed by atoms with van der Waals surface area (Å²) in [7, 11) is 1.83. The van der Waals surface area contributed by atoms with E-state index in [9.17, 15) is 9.59 Å². The lowest BCUT2D eigenvalue weighted by Gasteiger charge is -2.17. The van der Waals surface area contributed by atoms with Gasteiger partial charge >= 0.3 is 5.97 Å². The van der Waals surface area contributed by atoms with Crippen LogP contribution in [0.1, 0.15) is 40.3 Å². The fourth-order valence-corrected chi connectivity index (χ4v) is 2.83. The molecule has 1 rings (SSSR count). The Bertz CT molecular complexity index is 485. The van der Waals surface area contributed by atoms with E-state index in [-0.39, 0.29) is 22.7 Å². The predicted octanol–water partition coefficient (Wildman–Crippen LogP) is 1.45. The van der Waals surface area contributed by atoms with Crippen LogP contribution in [0.15, 0.2) is 0 Å². The highest BCUT2D eigenvalue weighted by Gasteiger charge is 2.26. The van der Waals surface area contributed by atoms with E-state index in [0.29, 0.717) is 5.00 Å². The van der Waals surface area contributed by atoms with Crippen molar-refractivity contribution in [3.8, 4) is 0 Å². The number of esters is 1. The quantitative estimate of drug-likeness (QED) is 0.771. The van der Waals surface area contributed by atoms with Crippen molar-refractivity contribution in [3.05, 3.63) is 10.4 Å². The minimum absolute atomic E-state index is 0.105. The number of carbonyl (C=O) groups is 2. The maximum atomic E-state index is 11.8. The Labute approximate surface area is 116 Å². The molecule has 0 atom stereocenters. The lowest BCUT2D eigenvalue weighted by molar-refractivity contribution is 0.0533. The summed E-state index contributed by atoms with van der Waals surface area (Å²) in [5, 5.41) is 0.606. The van der Waals surface area contributed by atoms with Crippen molar-refractivity contribution in [2.24, 2.45) is 5.73 Å². The molecule has 0 aliphatic carbocycles. The van der Waals surface area contributed by atoms with E-state index in [0.717, 1.165) is 24.3 Å². The summed E-state index contributed by atoms with van der Waals surface area (Å²) in [5.41, 5.74) is 11.5. The third kappa shape index (κ3) is 3.17. The summed E-state index contributed by atoms with van der Waals surface area (Å²) in [6.07, 6.45) is 0.904. The number of rotatable bonds is 6. The zero-order valence-electron chi connectivity index (χ0n) is 11.4. The van der Waals surface area contributed by atoms with E-state index in [1.165, 1.54) is 0 Å². The van der Waals surface area contributed by atoms with Crippen LogP contribution in [0.2, 0.25) is 0 Å². The first-order valence-corrected chi connectivity index (χ1v) is 6.85. The molecule has 1 aromatic heterocycles. The summed E-state index contributed by atoms with van der Waals surface area (Å²) < 4.78 is 4.92. The molecule has 0 aliphatic rings. The van der Waals surface area contributed by atoms with Gasteiger partial charge in [-0.2, -0.15) is 0 Å². The molecule has 0 radical (unpaired) electrons. The van der Waals surface area contributed by atoms with Crippen molar-refractivity contribution >= 4 is 33.9 Å². The summed E-state index contributed by atoms with van der Waals surface area (Å²) in [6.45, 7) is 4.72. The lowest BCUT2D eigenvalue weighted by Crippen LogP contribution is -2.21. The average Bonchev–Trinajstić information content (AvgIpc) is 2.67. The van der Waals surface area contributed by atoms with Gasteiger partial charge < -0.3 is 21.1 Å². The van der Waals surface area contributed by atoms with Crippen molar-refractivity contribution in [3.63, 3.8) is 0 Å². The van der Waals surface area contributed by atoms with E-state index in [2.05, 4.69) is 0 Å². The highest BCUT2D eigenvalue weighted by atomic mass is 32.1. The molecule has 0 bridgehead atoms. The molecule has 1 amide bonds. The number of amides is 1. The van der Waals surface area contributed by atoms with Crippen molar-refractivity contribution in [1.29, 1.82) is 0 Å². The Morgan fingerprint density at radius 3 is 2.47 bits per heavy atom. The number of thiophene rings is 1. The Kier molecular flexibility index (Phi) is 5.17. The number of carbonyl (C=O) groups excluding carboxylic acids is 2. The molecule has 0 aromatic carbocycles. The molecule has 4 N–H and O–H groups in total. The largest absolute Gasteiger partial charge is 0.462 e. The number of anilines is 2. The summed E-state index contributed by atoms with van der Waals surface area (Å²) in [6, 6.07) is 0. The standard InChI is InChI=1S/C12H19N3O3S/c1-4-6-15(3)11-7(10(14)16)8(13)9(19-11)12(17)18-5-2/h4-6,13H2,1-3H3,(H2,14,16). The Balaban J connectivity index is 3.27. The van der Waals surface area contributed by atoms with E-state index in [1.807, 2.05) is 18.9 Å². The highest BCUT2D eigenvalue weighted by molar-refractivity contribution is 7.19. The molecule has 6 nitrogen and oxygen atoms in total. The molecule has 19 heavy (non-hydrogen) atoms. The predicted molar refractivity (Wildman–Crippen MR) is 76.8 cm³/mol. The summed E-state index contributed by atoms with van der Waals surface area (Å²) in [4.78, 5) is 25.4. The first-order chi connectivity index (χ1) is 8.93. The normalized spacial score (nSPS) is 10.3. The van der Waals surface area contributed by atoms with Crippen molar-refractivity contribution in [1.82, 2.24) is 0 Å². The summed E-state index contributed by atoms with van der Waals surface area (Å²) in [5.74, 6) is -1.16. The SMILES string of the molecule is CCCN(C)c1sc(C(=O)OCC)c(N)c1C(N)=O. The summed E-state index contributed by atoms with van der Waals surface area (Å²) >= 11 is 1.14. The zero-order valence-corrected chi connectivity index (χ0v) is 12.2. The van der Waals surface area contributed by atoms with Crippen molar-refractivity contribution < 1.29 is 14.3 Å². The van der Waals surface area contributed by atoms with Gasteiger partial charge in [-0.05, 0) is 13.3 Å². The maximum Gasteiger partial charge on any atom is 0.350 e. The maximum absolute atomic E-state index is 11.8. The van der Waals surface area contributed by atoms with Gasteiger partial charge in [-0.15, -0.1) is 11.3 Å². The van der Waals surface area contributed by atoms with E-state index in [1.54, 1.807) is 6.92 Å². The smallest absolute Gasteiger partial charge is 0.350 e. The van der Waals surface area contributed by atoms with Gasteiger partial charge in [0.25, 0.3) is 5.91 Å². The minimum Gasteiger partial charge on any atom is -0.462 e. The number of hydrogen-bond acceptors (Lipinski definition) is 6. The number of primary amides is 1. The Hall–Kier alpha value is -1.76. The second-order valence-electron chi connectivity index (χ2n) is 4.03. The number of ether oxygens (including phenoxy) is 1. The fraction of sp³-hybridized carbons (Fsp3) is 0.500. The number of nitrogen functional groups attached to an aromatic ring is 1. The molecule has 0 spiro atoms. The van der Waals surface area contributed by atoms with Crippen LogP contribution >= 0.6 is 11.3 Å². The van der Waals surface area contributed by atoms with E-state index in [4.69, 9.17) is 16.2 Å². The second-order valence-corrected chi connectivity index (χ2v) is 5.03. The van der Waals surface area contributed by atoms with Crippen LogP contribution in [0.5, 0.6) is 0 Å². The Morgan fingerprint density at radius 1 is 1.37 bits per heavy atom.